The number of hydrogen-bond acceptors (Lipinski definition) is 5. The van der Waals surface area contributed by atoms with Gasteiger partial charge >= 0.3 is 0 Å². The van der Waals surface area contributed by atoms with Crippen molar-refractivity contribution in [2.24, 2.45) is 0 Å². The third kappa shape index (κ3) is 3.15. The number of rotatable bonds is 6. The molecule has 0 atom stereocenters. The van der Waals surface area contributed by atoms with Crippen molar-refractivity contribution in [1.82, 2.24) is 4.72 Å². The van der Waals surface area contributed by atoms with Gasteiger partial charge in [0.15, 0.2) is 12.0 Å². The van der Waals surface area contributed by atoms with E-state index in [1.165, 1.54) is 19.2 Å². The summed E-state index contributed by atoms with van der Waals surface area (Å²) in [6.45, 7) is 0.413. The van der Waals surface area contributed by atoms with Crippen molar-refractivity contribution in [1.29, 1.82) is 0 Å². The molecule has 1 N–H and O–H groups in total. The summed E-state index contributed by atoms with van der Waals surface area (Å²) in [7, 11) is -2.21. The van der Waals surface area contributed by atoms with Gasteiger partial charge in [-0.25, -0.2) is 13.1 Å². The summed E-state index contributed by atoms with van der Waals surface area (Å²) in [5.41, 5.74) is 0. The lowest BCUT2D eigenvalue weighted by atomic mass is 10.5. The van der Waals surface area contributed by atoms with E-state index in [4.69, 9.17) is 4.42 Å². The van der Waals surface area contributed by atoms with Gasteiger partial charge in [0, 0.05) is 13.7 Å². The Morgan fingerprint density at radius 1 is 1.53 bits per heavy atom. The van der Waals surface area contributed by atoms with Crippen molar-refractivity contribution >= 4 is 16.3 Å². The maximum Gasteiger partial charge on any atom is 0.274 e. The quantitative estimate of drug-likeness (QED) is 0.553. The second-order valence-electron chi connectivity index (χ2n) is 2.67. The van der Waals surface area contributed by atoms with Gasteiger partial charge in [-0.15, -0.1) is 0 Å². The molecule has 0 aliphatic heterocycles. The van der Waals surface area contributed by atoms with Crippen LogP contribution in [0.25, 0.3) is 0 Å². The summed E-state index contributed by atoms with van der Waals surface area (Å²) in [6.07, 6.45) is 0.439. The van der Waals surface area contributed by atoms with Crippen LogP contribution in [0.3, 0.4) is 0 Å². The maximum atomic E-state index is 11.5. The van der Waals surface area contributed by atoms with Crippen LogP contribution in [0.5, 0.6) is 0 Å². The van der Waals surface area contributed by atoms with Gasteiger partial charge in [-0.2, -0.15) is 0 Å². The third-order valence-electron chi connectivity index (χ3n) is 1.58. The molecule has 0 aliphatic rings. The fraction of sp³-hybridized carbons (Fsp3) is 0.375. The summed E-state index contributed by atoms with van der Waals surface area (Å²) in [5, 5.41) is -0.277. The summed E-state index contributed by atoms with van der Waals surface area (Å²) in [4.78, 5) is 10.3. The van der Waals surface area contributed by atoms with Crippen LogP contribution in [0.15, 0.2) is 21.6 Å². The molecule has 0 amide bonds. The number of aldehydes is 1. The molecule has 0 bridgehead atoms. The molecular formula is C8H11NO5S. The number of ether oxygens (including phenoxy) is 1. The summed E-state index contributed by atoms with van der Waals surface area (Å²) < 4.78 is 34.6. The first kappa shape index (κ1) is 11.9. The average Bonchev–Trinajstić information content (AvgIpc) is 2.66. The second kappa shape index (κ2) is 5.06. The minimum atomic E-state index is -3.68. The number of carbonyl (C=O) groups is 1. The molecule has 84 valence electrons. The topological polar surface area (TPSA) is 85.6 Å². The minimum Gasteiger partial charge on any atom is -0.440 e. The Labute approximate surface area is 87.3 Å². The zero-order valence-corrected chi connectivity index (χ0v) is 8.91. The molecule has 1 heterocycles. The van der Waals surface area contributed by atoms with Gasteiger partial charge in [0.1, 0.15) is 0 Å². The molecule has 0 saturated carbocycles. The van der Waals surface area contributed by atoms with E-state index in [-0.39, 0.29) is 24.0 Å². The van der Waals surface area contributed by atoms with Gasteiger partial charge in [0.25, 0.3) is 10.0 Å². The van der Waals surface area contributed by atoms with E-state index in [2.05, 4.69) is 9.46 Å². The predicted molar refractivity (Wildman–Crippen MR) is 51.2 cm³/mol. The van der Waals surface area contributed by atoms with Crippen LogP contribution < -0.4 is 4.72 Å². The lowest BCUT2D eigenvalue weighted by Crippen LogP contribution is -2.26. The highest BCUT2D eigenvalue weighted by molar-refractivity contribution is 7.89. The Kier molecular flexibility index (Phi) is 4.01. The van der Waals surface area contributed by atoms with Crippen LogP contribution >= 0.6 is 0 Å². The van der Waals surface area contributed by atoms with Gasteiger partial charge in [-0.05, 0) is 12.1 Å². The molecule has 15 heavy (non-hydrogen) atoms. The molecule has 7 heteroatoms. The number of furan rings is 1. The summed E-state index contributed by atoms with van der Waals surface area (Å²) >= 11 is 0. The molecule has 6 nitrogen and oxygen atoms in total. The SMILES string of the molecule is COCCNS(=O)(=O)c1ccc(C=O)o1. The largest absolute Gasteiger partial charge is 0.440 e. The van der Waals surface area contributed by atoms with Crippen LogP contribution in [0.1, 0.15) is 10.6 Å². The Morgan fingerprint density at radius 3 is 2.80 bits per heavy atom. The van der Waals surface area contributed by atoms with E-state index in [0.717, 1.165) is 0 Å². The van der Waals surface area contributed by atoms with Crippen molar-refractivity contribution in [3.8, 4) is 0 Å². The zero-order valence-electron chi connectivity index (χ0n) is 8.10. The molecule has 0 unspecified atom stereocenters. The average molecular weight is 233 g/mol. The number of sulfonamides is 1. The first-order valence-corrected chi connectivity index (χ1v) is 5.62. The predicted octanol–water partition coefficient (Wildman–Crippen LogP) is 0.0168. The first-order chi connectivity index (χ1) is 7.10. The summed E-state index contributed by atoms with van der Waals surface area (Å²) in [6, 6.07) is 2.51. The molecule has 0 saturated heterocycles. The standard InChI is InChI=1S/C8H11NO5S/c1-13-5-4-9-15(11,12)8-3-2-7(6-10)14-8/h2-3,6,9H,4-5H2,1H3. The van der Waals surface area contributed by atoms with E-state index in [1.807, 2.05) is 0 Å². The smallest absolute Gasteiger partial charge is 0.274 e. The number of nitrogens with one attached hydrogen (secondary N) is 1. The Bertz CT molecular complexity index is 422. The number of carbonyl (C=O) groups excluding carboxylic acids is 1. The zero-order chi connectivity index (χ0) is 11.3. The van der Waals surface area contributed by atoms with E-state index in [9.17, 15) is 13.2 Å². The molecule has 0 radical (unpaired) electrons. The van der Waals surface area contributed by atoms with Gasteiger partial charge < -0.3 is 9.15 Å². The van der Waals surface area contributed by atoms with Crippen LogP contribution in [0.2, 0.25) is 0 Å². The molecule has 1 aromatic heterocycles. The van der Waals surface area contributed by atoms with Crippen molar-refractivity contribution in [3.63, 3.8) is 0 Å². The highest BCUT2D eigenvalue weighted by Gasteiger charge is 2.17. The van der Waals surface area contributed by atoms with E-state index < -0.39 is 10.0 Å². The lowest BCUT2D eigenvalue weighted by Gasteiger charge is -2.02. The molecule has 0 fully saturated rings. The Morgan fingerprint density at radius 2 is 2.27 bits per heavy atom. The summed E-state index contributed by atoms with van der Waals surface area (Å²) in [5.74, 6) is -0.0258. The molecule has 1 aromatic rings. The normalized spacial score (nSPS) is 11.5. The van der Waals surface area contributed by atoms with Crippen molar-refractivity contribution in [2.75, 3.05) is 20.3 Å². The maximum absolute atomic E-state index is 11.5. The van der Waals surface area contributed by atoms with Crippen molar-refractivity contribution in [3.05, 3.63) is 17.9 Å². The monoisotopic (exact) mass is 233 g/mol. The van der Waals surface area contributed by atoms with E-state index in [0.29, 0.717) is 6.29 Å². The number of methoxy groups -OCH3 is 1. The van der Waals surface area contributed by atoms with E-state index in [1.54, 1.807) is 0 Å². The van der Waals surface area contributed by atoms with Crippen LogP contribution in [-0.4, -0.2) is 35.0 Å². The Balaban J connectivity index is 2.72. The highest BCUT2D eigenvalue weighted by Crippen LogP contribution is 2.11. The Hall–Kier alpha value is -1.18. The van der Waals surface area contributed by atoms with Gasteiger partial charge in [0.2, 0.25) is 5.09 Å². The van der Waals surface area contributed by atoms with Crippen LogP contribution in [0.4, 0.5) is 0 Å². The van der Waals surface area contributed by atoms with Crippen molar-refractivity contribution < 1.29 is 22.4 Å². The van der Waals surface area contributed by atoms with Crippen LogP contribution in [-0.2, 0) is 14.8 Å². The van der Waals surface area contributed by atoms with Gasteiger partial charge in [-0.1, -0.05) is 0 Å². The van der Waals surface area contributed by atoms with Gasteiger partial charge in [0.05, 0.1) is 6.61 Å². The fourth-order valence-corrected chi connectivity index (χ4v) is 1.84. The molecule has 1 rings (SSSR count). The third-order valence-corrected chi connectivity index (χ3v) is 2.91. The van der Waals surface area contributed by atoms with Crippen molar-refractivity contribution in [2.45, 2.75) is 5.09 Å². The fourth-order valence-electron chi connectivity index (χ4n) is 0.891. The minimum absolute atomic E-state index is 0.0258. The van der Waals surface area contributed by atoms with Crippen LogP contribution in [0, 0.1) is 0 Å². The van der Waals surface area contributed by atoms with E-state index >= 15 is 0 Å². The molecule has 0 aromatic carbocycles. The molecule has 0 spiro atoms. The first-order valence-electron chi connectivity index (χ1n) is 4.14. The second-order valence-corrected chi connectivity index (χ2v) is 4.36. The van der Waals surface area contributed by atoms with Gasteiger partial charge in [-0.3, -0.25) is 4.79 Å². The molecular weight excluding hydrogens is 222 g/mol. The number of hydrogen-bond donors (Lipinski definition) is 1. The highest BCUT2D eigenvalue weighted by atomic mass is 32.2. The lowest BCUT2D eigenvalue weighted by molar-refractivity contribution is 0.109. The molecule has 0 aliphatic carbocycles.